The predicted molar refractivity (Wildman–Crippen MR) is 35.2 cm³/mol. The van der Waals surface area contributed by atoms with Crippen molar-refractivity contribution in [2.75, 3.05) is 13.2 Å². The third kappa shape index (κ3) is 0.700. The van der Waals surface area contributed by atoms with Crippen LogP contribution < -0.4 is 5.32 Å². The summed E-state index contributed by atoms with van der Waals surface area (Å²) in [5, 5.41) is 12.1. The van der Waals surface area contributed by atoms with Crippen molar-refractivity contribution in [3.8, 4) is 0 Å². The van der Waals surface area contributed by atoms with Crippen molar-refractivity contribution in [2.45, 2.75) is 24.8 Å². The van der Waals surface area contributed by atoms with Crippen molar-refractivity contribution < 1.29 is 5.11 Å². The molecule has 2 nitrogen and oxygen atoms in total. The summed E-state index contributed by atoms with van der Waals surface area (Å²) >= 11 is 0. The van der Waals surface area contributed by atoms with Gasteiger partial charge in [-0.25, -0.2) is 0 Å². The average molecular weight is 127 g/mol. The van der Waals surface area contributed by atoms with Crippen molar-refractivity contribution in [1.29, 1.82) is 0 Å². The van der Waals surface area contributed by atoms with E-state index >= 15 is 0 Å². The summed E-state index contributed by atoms with van der Waals surface area (Å²) in [5.74, 6) is 0.941. The van der Waals surface area contributed by atoms with Crippen molar-refractivity contribution >= 4 is 0 Å². The molecule has 9 heavy (non-hydrogen) atoms. The van der Waals surface area contributed by atoms with Gasteiger partial charge in [-0.2, -0.15) is 0 Å². The molecule has 2 heteroatoms. The Morgan fingerprint density at radius 1 is 1.56 bits per heavy atom. The van der Waals surface area contributed by atoms with Crippen LogP contribution in [0.25, 0.3) is 0 Å². The maximum Gasteiger partial charge on any atom is 0.0448 e. The number of aliphatic hydroxyl groups excluding tert-OH is 1. The van der Waals surface area contributed by atoms with Crippen molar-refractivity contribution in [3.05, 3.63) is 0 Å². The van der Waals surface area contributed by atoms with E-state index in [1.165, 1.54) is 19.4 Å². The zero-order chi connectivity index (χ0) is 6.32. The SMILES string of the molecule is OCCC12CC(CN1)C2. The molecule has 1 aliphatic carbocycles. The fourth-order valence-corrected chi connectivity index (χ4v) is 2.20. The molecule has 2 saturated heterocycles. The molecule has 0 amide bonds. The van der Waals surface area contributed by atoms with Gasteiger partial charge in [0.25, 0.3) is 0 Å². The zero-order valence-electron chi connectivity index (χ0n) is 5.56. The summed E-state index contributed by atoms with van der Waals surface area (Å²) < 4.78 is 0. The highest BCUT2D eigenvalue weighted by atomic mass is 16.3. The van der Waals surface area contributed by atoms with E-state index < -0.39 is 0 Å². The first-order valence-corrected chi connectivity index (χ1v) is 3.71. The van der Waals surface area contributed by atoms with Gasteiger partial charge in [0.1, 0.15) is 0 Å². The third-order valence-corrected chi connectivity index (χ3v) is 2.71. The van der Waals surface area contributed by atoms with Gasteiger partial charge in [0, 0.05) is 12.1 Å². The topological polar surface area (TPSA) is 32.3 Å². The van der Waals surface area contributed by atoms with Gasteiger partial charge in [0.2, 0.25) is 0 Å². The first-order valence-electron chi connectivity index (χ1n) is 3.71. The summed E-state index contributed by atoms with van der Waals surface area (Å²) in [5.41, 5.74) is 0.388. The van der Waals surface area contributed by atoms with Crippen LogP contribution in [0.4, 0.5) is 0 Å². The highest BCUT2D eigenvalue weighted by Crippen LogP contribution is 2.45. The van der Waals surface area contributed by atoms with E-state index in [-0.39, 0.29) is 0 Å². The molecule has 2 N–H and O–H groups in total. The molecular formula is C7H13NO. The molecule has 0 aromatic heterocycles. The number of hydrogen-bond acceptors (Lipinski definition) is 2. The van der Waals surface area contributed by atoms with Gasteiger partial charge in [0.15, 0.2) is 0 Å². The van der Waals surface area contributed by atoms with Gasteiger partial charge in [-0.3, -0.25) is 0 Å². The van der Waals surface area contributed by atoms with E-state index in [2.05, 4.69) is 5.32 Å². The Labute approximate surface area is 55.3 Å². The van der Waals surface area contributed by atoms with E-state index in [0.29, 0.717) is 12.1 Å². The molecular weight excluding hydrogens is 114 g/mol. The van der Waals surface area contributed by atoms with Crippen LogP contribution in [0.3, 0.4) is 0 Å². The lowest BCUT2D eigenvalue weighted by atomic mass is 9.72. The van der Waals surface area contributed by atoms with E-state index in [0.717, 1.165) is 12.3 Å². The van der Waals surface area contributed by atoms with E-state index in [4.69, 9.17) is 5.11 Å². The fourth-order valence-electron chi connectivity index (χ4n) is 2.20. The number of rotatable bonds is 2. The Morgan fingerprint density at radius 2 is 2.33 bits per heavy atom. The van der Waals surface area contributed by atoms with Gasteiger partial charge < -0.3 is 10.4 Å². The molecule has 2 aliphatic heterocycles. The Kier molecular flexibility index (Phi) is 1.08. The number of fused-ring (bicyclic) bond motifs is 1. The molecule has 2 bridgehead atoms. The van der Waals surface area contributed by atoms with Gasteiger partial charge in [0.05, 0.1) is 0 Å². The van der Waals surface area contributed by atoms with Crippen LogP contribution in [-0.2, 0) is 0 Å². The van der Waals surface area contributed by atoms with E-state index in [1.54, 1.807) is 0 Å². The fraction of sp³-hybridized carbons (Fsp3) is 1.00. The maximum atomic E-state index is 8.68. The molecule has 0 radical (unpaired) electrons. The van der Waals surface area contributed by atoms with Crippen LogP contribution in [-0.4, -0.2) is 23.8 Å². The zero-order valence-corrected chi connectivity index (χ0v) is 5.56. The molecule has 3 aliphatic rings. The lowest BCUT2D eigenvalue weighted by molar-refractivity contribution is 0.161. The van der Waals surface area contributed by atoms with Crippen molar-refractivity contribution in [2.24, 2.45) is 5.92 Å². The molecule has 0 spiro atoms. The average Bonchev–Trinajstić information content (AvgIpc) is 2.22. The molecule has 3 fully saturated rings. The molecule has 0 atom stereocenters. The lowest BCUT2D eigenvalue weighted by Crippen LogP contribution is -2.43. The predicted octanol–water partition coefficient (Wildman–Crippen LogP) is 0.121. The Morgan fingerprint density at radius 3 is 2.78 bits per heavy atom. The molecule has 3 rings (SSSR count). The van der Waals surface area contributed by atoms with Crippen LogP contribution in [0, 0.1) is 5.92 Å². The standard InChI is InChI=1S/C7H13NO/c9-2-1-7-3-6(4-7)5-8-7/h6,8-9H,1-5H2. The van der Waals surface area contributed by atoms with Crippen LogP contribution in [0.15, 0.2) is 0 Å². The largest absolute Gasteiger partial charge is 0.396 e. The lowest BCUT2D eigenvalue weighted by Gasteiger charge is -2.37. The highest BCUT2D eigenvalue weighted by molar-refractivity contribution is 5.07. The quantitative estimate of drug-likeness (QED) is 0.552. The van der Waals surface area contributed by atoms with Crippen molar-refractivity contribution in [1.82, 2.24) is 5.32 Å². The number of nitrogens with one attached hydrogen (secondary N) is 1. The minimum absolute atomic E-state index is 0.347. The van der Waals surface area contributed by atoms with Crippen LogP contribution >= 0.6 is 0 Å². The van der Waals surface area contributed by atoms with Gasteiger partial charge in [-0.1, -0.05) is 0 Å². The Balaban J connectivity index is 1.95. The van der Waals surface area contributed by atoms with E-state index in [1.807, 2.05) is 0 Å². The van der Waals surface area contributed by atoms with Gasteiger partial charge >= 0.3 is 0 Å². The molecule has 52 valence electrons. The van der Waals surface area contributed by atoms with Crippen LogP contribution in [0.2, 0.25) is 0 Å². The second-order valence-corrected chi connectivity index (χ2v) is 3.41. The molecule has 1 saturated carbocycles. The summed E-state index contributed by atoms with van der Waals surface area (Å²) in [6.45, 7) is 1.54. The summed E-state index contributed by atoms with van der Waals surface area (Å²) in [6.07, 6.45) is 3.59. The van der Waals surface area contributed by atoms with Crippen molar-refractivity contribution in [3.63, 3.8) is 0 Å². The summed E-state index contributed by atoms with van der Waals surface area (Å²) in [6, 6.07) is 0. The van der Waals surface area contributed by atoms with Gasteiger partial charge in [-0.05, 0) is 31.7 Å². The highest BCUT2D eigenvalue weighted by Gasteiger charge is 2.49. The molecule has 0 unspecified atom stereocenters. The minimum atomic E-state index is 0.347. The minimum Gasteiger partial charge on any atom is -0.396 e. The first-order chi connectivity index (χ1) is 4.35. The van der Waals surface area contributed by atoms with Crippen LogP contribution in [0.5, 0.6) is 0 Å². The Hall–Kier alpha value is -0.0800. The molecule has 2 heterocycles. The summed E-state index contributed by atoms with van der Waals surface area (Å²) in [7, 11) is 0. The molecule has 0 aromatic rings. The monoisotopic (exact) mass is 127 g/mol. The second kappa shape index (κ2) is 1.70. The van der Waals surface area contributed by atoms with Crippen LogP contribution in [0.1, 0.15) is 19.3 Å². The third-order valence-electron chi connectivity index (χ3n) is 2.71. The number of hydrogen-bond donors (Lipinski definition) is 2. The smallest absolute Gasteiger partial charge is 0.0448 e. The normalized spacial score (nSPS) is 47.0. The summed E-state index contributed by atoms with van der Waals surface area (Å²) in [4.78, 5) is 0. The maximum absolute atomic E-state index is 8.68. The number of aliphatic hydroxyl groups is 1. The first kappa shape index (κ1) is 5.69. The Bertz CT molecular complexity index is 113. The van der Waals surface area contributed by atoms with E-state index in [9.17, 15) is 0 Å². The molecule has 0 aromatic carbocycles. The van der Waals surface area contributed by atoms with Gasteiger partial charge in [-0.15, -0.1) is 0 Å². The second-order valence-electron chi connectivity index (χ2n) is 3.41.